The molecular formula is C22H22O. The van der Waals surface area contributed by atoms with Crippen LogP contribution < -0.4 is 0 Å². The first-order chi connectivity index (χ1) is 11.2. The van der Waals surface area contributed by atoms with Gasteiger partial charge in [0.05, 0.1) is 0 Å². The monoisotopic (exact) mass is 302 g/mol. The average molecular weight is 302 g/mol. The van der Waals surface area contributed by atoms with Crippen molar-refractivity contribution in [1.82, 2.24) is 0 Å². The van der Waals surface area contributed by atoms with E-state index in [-0.39, 0.29) is 5.92 Å². The highest BCUT2D eigenvalue weighted by Gasteiger charge is 2.37. The SMILES string of the molecule is CC(Cc1ccccc1)C(O)(c1ccccc1)c1ccccc1. The van der Waals surface area contributed by atoms with Crippen molar-refractivity contribution in [3.8, 4) is 0 Å². The smallest absolute Gasteiger partial charge is 0.117 e. The Balaban J connectivity index is 2.02. The molecule has 3 aromatic rings. The second-order valence-corrected chi connectivity index (χ2v) is 6.09. The summed E-state index contributed by atoms with van der Waals surface area (Å²) in [6.45, 7) is 2.12. The summed E-state index contributed by atoms with van der Waals surface area (Å²) in [4.78, 5) is 0. The zero-order valence-electron chi connectivity index (χ0n) is 13.4. The molecule has 1 heteroatoms. The van der Waals surface area contributed by atoms with Crippen molar-refractivity contribution >= 4 is 0 Å². The molecule has 0 radical (unpaired) electrons. The predicted molar refractivity (Wildman–Crippen MR) is 95.2 cm³/mol. The van der Waals surface area contributed by atoms with Crippen LogP contribution in [-0.4, -0.2) is 5.11 Å². The van der Waals surface area contributed by atoms with E-state index in [9.17, 15) is 5.11 Å². The molecule has 1 atom stereocenters. The molecule has 3 aromatic carbocycles. The van der Waals surface area contributed by atoms with Gasteiger partial charge < -0.3 is 5.11 Å². The Bertz CT molecular complexity index is 680. The zero-order valence-corrected chi connectivity index (χ0v) is 13.4. The van der Waals surface area contributed by atoms with Gasteiger partial charge in [-0.3, -0.25) is 0 Å². The average Bonchev–Trinajstić information content (AvgIpc) is 2.63. The summed E-state index contributed by atoms with van der Waals surface area (Å²) in [5, 5.41) is 11.7. The Kier molecular flexibility index (Phi) is 4.59. The van der Waals surface area contributed by atoms with Crippen molar-refractivity contribution in [2.45, 2.75) is 18.9 Å². The van der Waals surface area contributed by atoms with Gasteiger partial charge in [0.15, 0.2) is 0 Å². The molecule has 3 rings (SSSR count). The lowest BCUT2D eigenvalue weighted by atomic mass is 9.74. The van der Waals surface area contributed by atoms with Gasteiger partial charge in [0, 0.05) is 0 Å². The van der Waals surface area contributed by atoms with Gasteiger partial charge in [0.25, 0.3) is 0 Å². The van der Waals surface area contributed by atoms with Crippen molar-refractivity contribution in [2.75, 3.05) is 0 Å². The van der Waals surface area contributed by atoms with Gasteiger partial charge in [0.2, 0.25) is 0 Å². The Morgan fingerprint density at radius 1 is 0.696 bits per heavy atom. The molecule has 0 aliphatic rings. The van der Waals surface area contributed by atoms with Crippen LogP contribution in [0.1, 0.15) is 23.6 Å². The van der Waals surface area contributed by atoms with Gasteiger partial charge in [-0.15, -0.1) is 0 Å². The second kappa shape index (κ2) is 6.80. The van der Waals surface area contributed by atoms with Crippen LogP contribution in [0, 0.1) is 5.92 Å². The maximum absolute atomic E-state index is 11.7. The largest absolute Gasteiger partial charge is 0.380 e. The van der Waals surface area contributed by atoms with Crippen molar-refractivity contribution in [3.05, 3.63) is 108 Å². The molecule has 0 fully saturated rings. The third kappa shape index (κ3) is 3.20. The van der Waals surface area contributed by atoms with Crippen molar-refractivity contribution in [1.29, 1.82) is 0 Å². The minimum atomic E-state index is -1.00. The molecule has 0 aromatic heterocycles. The molecule has 1 N–H and O–H groups in total. The van der Waals surface area contributed by atoms with Gasteiger partial charge >= 0.3 is 0 Å². The molecule has 23 heavy (non-hydrogen) atoms. The van der Waals surface area contributed by atoms with E-state index >= 15 is 0 Å². The Morgan fingerprint density at radius 3 is 1.52 bits per heavy atom. The van der Waals surface area contributed by atoms with Crippen LogP contribution >= 0.6 is 0 Å². The quantitative estimate of drug-likeness (QED) is 0.717. The van der Waals surface area contributed by atoms with Crippen molar-refractivity contribution < 1.29 is 5.11 Å². The fourth-order valence-corrected chi connectivity index (χ4v) is 3.24. The summed E-state index contributed by atoms with van der Waals surface area (Å²) >= 11 is 0. The molecule has 0 saturated heterocycles. The number of hydrogen-bond donors (Lipinski definition) is 1. The van der Waals surface area contributed by atoms with E-state index in [1.54, 1.807) is 0 Å². The third-order valence-corrected chi connectivity index (χ3v) is 4.53. The van der Waals surface area contributed by atoms with E-state index in [4.69, 9.17) is 0 Å². The van der Waals surface area contributed by atoms with E-state index in [1.807, 2.05) is 78.9 Å². The summed E-state index contributed by atoms with van der Waals surface area (Å²) in [6.07, 6.45) is 0.821. The lowest BCUT2D eigenvalue weighted by Crippen LogP contribution is -2.36. The first kappa shape index (κ1) is 15.5. The van der Waals surface area contributed by atoms with Crippen LogP contribution in [0.2, 0.25) is 0 Å². The second-order valence-electron chi connectivity index (χ2n) is 6.09. The highest BCUT2D eigenvalue weighted by molar-refractivity contribution is 5.37. The number of benzene rings is 3. The first-order valence-electron chi connectivity index (χ1n) is 8.08. The first-order valence-corrected chi connectivity index (χ1v) is 8.08. The van der Waals surface area contributed by atoms with Crippen molar-refractivity contribution in [3.63, 3.8) is 0 Å². The maximum Gasteiger partial charge on any atom is 0.117 e. The highest BCUT2D eigenvalue weighted by atomic mass is 16.3. The molecule has 0 heterocycles. The minimum absolute atomic E-state index is 0.0506. The number of aliphatic hydroxyl groups is 1. The van der Waals surface area contributed by atoms with Gasteiger partial charge in [-0.1, -0.05) is 97.9 Å². The van der Waals surface area contributed by atoms with Gasteiger partial charge in [-0.2, -0.15) is 0 Å². The van der Waals surface area contributed by atoms with E-state index < -0.39 is 5.60 Å². The molecule has 0 amide bonds. The molecule has 0 saturated carbocycles. The van der Waals surface area contributed by atoms with Crippen molar-refractivity contribution in [2.24, 2.45) is 5.92 Å². The molecular weight excluding hydrogens is 280 g/mol. The van der Waals surface area contributed by atoms with Crippen LogP contribution in [0.4, 0.5) is 0 Å². The number of hydrogen-bond acceptors (Lipinski definition) is 1. The molecule has 0 aliphatic heterocycles. The lowest BCUT2D eigenvalue weighted by Gasteiger charge is -2.35. The summed E-state index contributed by atoms with van der Waals surface area (Å²) in [6, 6.07) is 30.3. The lowest BCUT2D eigenvalue weighted by molar-refractivity contribution is 0.0240. The minimum Gasteiger partial charge on any atom is -0.380 e. The van der Waals surface area contributed by atoms with Crippen LogP contribution in [0.15, 0.2) is 91.0 Å². The van der Waals surface area contributed by atoms with E-state index in [0.717, 1.165) is 17.5 Å². The molecule has 1 nitrogen and oxygen atoms in total. The third-order valence-electron chi connectivity index (χ3n) is 4.53. The maximum atomic E-state index is 11.7. The summed E-state index contributed by atoms with van der Waals surface area (Å²) in [5.41, 5.74) is 2.12. The topological polar surface area (TPSA) is 20.2 Å². The van der Waals surface area contributed by atoms with E-state index in [2.05, 4.69) is 19.1 Å². The van der Waals surface area contributed by atoms with Gasteiger partial charge in [-0.25, -0.2) is 0 Å². The van der Waals surface area contributed by atoms with Crippen LogP contribution in [0.3, 0.4) is 0 Å². The Hall–Kier alpha value is -2.38. The van der Waals surface area contributed by atoms with Crippen LogP contribution in [-0.2, 0) is 12.0 Å². The zero-order chi connectivity index (χ0) is 16.1. The van der Waals surface area contributed by atoms with Gasteiger partial charge in [-0.05, 0) is 29.0 Å². The summed E-state index contributed by atoms with van der Waals surface area (Å²) in [5.74, 6) is 0.0506. The van der Waals surface area contributed by atoms with Crippen LogP contribution in [0.25, 0.3) is 0 Å². The fraction of sp³-hybridized carbons (Fsp3) is 0.182. The summed E-state index contributed by atoms with van der Waals surface area (Å²) < 4.78 is 0. The molecule has 0 aliphatic carbocycles. The fourth-order valence-electron chi connectivity index (χ4n) is 3.24. The number of rotatable bonds is 5. The molecule has 1 unspecified atom stereocenters. The molecule has 116 valence electrons. The molecule has 0 spiro atoms. The molecule has 0 bridgehead atoms. The summed E-state index contributed by atoms with van der Waals surface area (Å²) in [7, 11) is 0. The van der Waals surface area contributed by atoms with E-state index in [0.29, 0.717) is 0 Å². The van der Waals surface area contributed by atoms with Gasteiger partial charge in [0.1, 0.15) is 5.60 Å². The standard InChI is InChI=1S/C22H22O/c1-18(17-19-11-5-2-6-12-19)22(23,20-13-7-3-8-14-20)21-15-9-4-10-16-21/h2-16,18,23H,17H2,1H3. The van der Waals surface area contributed by atoms with E-state index in [1.165, 1.54) is 5.56 Å². The Morgan fingerprint density at radius 2 is 1.09 bits per heavy atom. The Labute approximate surface area is 138 Å². The highest BCUT2D eigenvalue weighted by Crippen LogP contribution is 2.38. The normalized spacial score (nSPS) is 12.8. The van der Waals surface area contributed by atoms with Crippen LogP contribution in [0.5, 0.6) is 0 Å². The predicted octanol–water partition coefficient (Wildman–Crippen LogP) is 4.80.